The molecule has 0 aromatic carbocycles. The van der Waals surface area contributed by atoms with Crippen LogP contribution in [-0.4, -0.2) is 39.5 Å². The SMILES string of the molecule is COC(=O)/C=C(\C(=O)OC)c1sc(SC)cc1OC. The van der Waals surface area contributed by atoms with Crippen LogP contribution in [0.4, 0.5) is 0 Å². The van der Waals surface area contributed by atoms with Crippen LogP contribution in [0.5, 0.6) is 5.75 Å². The predicted octanol–water partition coefficient (Wildman–Crippen LogP) is 2.21. The Hall–Kier alpha value is -1.47. The van der Waals surface area contributed by atoms with Crippen molar-refractivity contribution in [2.45, 2.75) is 4.21 Å². The van der Waals surface area contributed by atoms with Gasteiger partial charge in [0.15, 0.2) is 0 Å². The highest BCUT2D eigenvalue weighted by atomic mass is 32.2. The standard InChI is InChI=1S/C12H14O5S2/c1-15-8-6-10(18-4)19-11(8)7(12(14)17-3)5-9(13)16-2/h5-6H,1-4H3/b7-5-. The van der Waals surface area contributed by atoms with Crippen molar-refractivity contribution >= 4 is 40.6 Å². The lowest BCUT2D eigenvalue weighted by Gasteiger charge is -2.05. The van der Waals surface area contributed by atoms with Crippen LogP contribution >= 0.6 is 23.1 Å². The number of carbonyl (C=O) groups is 2. The van der Waals surface area contributed by atoms with E-state index in [-0.39, 0.29) is 5.57 Å². The van der Waals surface area contributed by atoms with Gasteiger partial charge in [-0.3, -0.25) is 0 Å². The molecule has 0 saturated heterocycles. The molecule has 7 heteroatoms. The molecule has 1 aromatic heterocycles. The maximum Gasteiger partial charge on any atom is 0.339 e. The zero-order chi connectivity index (χ0) is 14.4. The number of thiophene rings is 1. The lowest BCUT2D eigenvalue weighted by Crippen LogP contribution is -2.07. The van der Waals surface area contributed by atoms with Gasteiger partial charge in [0, 0.05) is 12.1 Å². The minimum atomic E-state index is -0.624. The molecule has 0 aliphatic carbocycles. The second-order valence-corrected chi connectivity index (χ2v) is 5.40. The number of hydrogen-bond acceptors (Lipinski definition) is 7. The van der Waals surface area contributed by atoms with Crippen LogP contribution in [0.15, 0.2) is 16.4 Å². The highest BCUT2D eigenvalue weighted by Gasteiger charge is 2.22. The van der Waals surface area contributed by atoms with Gasteiger partial charge >= 0.3 is 11.9 Å². The zero-order valence-electron chi connectivity index (χ0n) is 11.0. The number of thioether (sulfide) groups is 1. The van der Waals surface area contributed by atoms with E-state index in [9.17, 15) is 9.59 Å². The van der Waals surface area contributed by atoms with E-state index in [0.717, 1.165) is 10.3 Å². The van der Waals surface area contributed by atoms with Crippen molar-refractivity contribution in [3.8, 4) is 5.75 Å². The molecule has 0 saturated carbocycles. The van der Waals surface area contributed by atoms with Gasteiger partial charge in [-0.05, 0) is 6.26 Å². The summed E-state index contributed by atoms with van der Waals surface area (Å²) in [6.45, 7) is 0. The summed E-state index contributed by atoms with van der Waals surface area (Å²) in [5, 5.41) is 0. The molecular weight excluding hydrogens is 288 g/mol. The summed E-state index contributed by atoms with van der Waals surface area (Å²) in [5.41, 5.74) is 0.122. The van der Waals surface area contributed by atoms with Crippen molar-refractivity contribution in [2.24, 2.45) is 0 Å². The first-order chi connectivity index (χ1) is 9.07. The molecule has 0 aliphatic heterocycles. The first kappa shape index (κ1) is 15.6. The van der Waals surface area contributed by atoms with E-state index in [0.29, 0.717) is 10.6 Å². The van der Waals surface area contributed by atoms with E-state index in [2.05, 4.69) is 9.47 Å². The van der Waals surface area contributed by atoms with Gasteiger partial charge in [-0.25, -0.2) is 9.59 Å². The third kappa shape index (κ3) is 3.74. The molecule has 1 aromatic rings. The lowest BCUT2D eigenvalue weighted by atomic mass is 10.2. The molecule has 104 valence electrons. The van der Waals surface area contributed by atoms with Crippen LogP contribution in [0.25, 0.3) is 5.57 Å². The van der Waals surface area contributed by atoms with Gasteiger partial charge in [-0.2, -0.15) is 0 Å². The van der Waals surface area contributed by atoms with Gasteiger partial charge in [0.1, 0.15) is 5.75 Å². The summed E-state index contributed by atoms with van der Waals surface area (Å²) in [4.78, 5) is 23.7. The second-order valence-electron chi connectivity index (χ2n) is 3.24. The molecular formula is C12H14O5S2. The van der Waals surface area contributed by atoms with Gasteiger partial charge in [-0.15, -0.1) is 23.1 Å². The number of carbonyl (C=O) groups excluding carboxylic acids is 2. The van der Waals surface area contributed by atoms with E-state index in [1.165, 1.54) is 44.4 Å². The predicted molar refractivity (Wildman–Crippen MR) is 74.7 cm³/mol. The minimum absolute atomic E-state index is 0.122. The summed E-state index contributed by atoms with van der Waals surface area (Å²) >= 11 is 2.87. The van der Waals surface area contributed by atoms with Gasteiger partial charge < -0.3 is 14.2 Å². The van der Waals surface area contributed by atoms with Crippen molar-refractivity contribution in [3.63, 3.8) is 0 Å². The Bertz CT molecular complexity index is 504. The van der Waals surface area contributed by atoms with Gasteiger partial charge in [0.25, 0.3) is 0 Å². The topological polar surface area (TPSA) is 61.8 Å². The van der Waals surface area contributed by atoms with Gasteiger partial charge in [-0.1, -0.05) is 0 Å². The highest BCUT2D eigenvalue weighted by Crippen LogP contribution is 2.39. The molecule has 1 rings (SSSR count). The number of methoxy groups -OCH3 is 3. The maximum absolute atomic E-state index is 11.8. The number of esters is 2. The maximum atomic E-state index is 11.8. The smallest absolute Gasteiger partial charge is 0.339 e. The van der Waals surface area contributed by atoms with Crippen LogP contribution in [0.1, 0.15) is 4.88 Å². The Morgan fingerprint density at radius 2 is 1.95 bits per heavy atom. The molecule has 0 fully saturated rings. The van der Waals surface area contributed by atoms with Gasteiger partial charge in [0.05, 0.1) is 36.0 Å². The number of ether oxygens (including phenoxy) is 3. The molecule has 0 N–H and O–H groups in total. The first-order valence-electron chi connectivity index (χ1n) is 5.17. The fourth-order valence-corrected chi connectivity index (χ4v) is 2.97. The quantitative estimate of drug-likeness (QED) is 0.472. The summed E-state index contributed by atoms with van der Waals surface area (Å²) in [7, 11) is 4.00. The van der Waals surface area contributed by atoms with E-state index in [4.69, 9.17) is 4.74 Å². The number of rotatable bonds is 5. The van der Waals surface area contributed by atoms with Gasteiger partial charge in [0.2, 0.25) is 0 Å². The molecule has 0 spiro atoms. The molecule has 5 nitrogen and oxygen atoms in total. The van der Waals surface area contributed by atoms with Crippen LogP contribution in [0, 0.1) is 0 Å². The molecule has 1 heterocycles. The van der Waals surface area contributed by atoms with Crippen molar-refractivity contribution in [2.75, 3.05) is 27.6 Å². The second kappa shape index (κ2) is 7.20. The molecule has 0 unspecified atom stereocenters. The zero-order valence-corrected chi connectivity index (χ0v) is 12.6. The van der Waals surface area contributed by atoms with Crippen molar-refractivity contribution in [1.82, 2.24) is 0 Å². The fourth-order valence-electron chi connectivity index (χ4n) is 1.30. The van der Waals surface area contributed by atoms with E-state index < -0.39 is 11.9 Å². The molecule has 0 bridgehead atoms. The summed E-state index contributed by atoms with van der Waals surface area (Å²) in [6, 6.07) is 1.80. The van der Waals surface area contributed by atoms with Crippen molar-refractivity contribution in [1.29, 1.82) is 0 Å². The summed E-state index contributed by atoms with van der Waals surface area (Å²) < 4.78 is 15.4. The Kier molecular flexibility index (Phi) is 5.91. The molecule has 0 amide bonds. The first-order valence-corrected chi connectivity index (χ1v) is 7.21. The van der Waals surface area contributed by atoms with E-state index >= 15 is 0 Å². The summed E-state index contributed by atoms with van der Waals surface area (Å²) in [5.74, 6) is -0.713. The average Bonchev–Trinajstić information content (AvgIpc) is 2.86. The Morgan fingerprint density at radius 3 is 2.42 bits per heavy atom. The molecule has 0 radical (unpaired) electrons. The largest absolute Gasteiger partial charge is 0.495 e. The van der Waals surface area contributed by atoms with E-state index in [1.54, 1.807) is 6.07 Å². The highest BCUT2D eigenvalue weighted by molar-refractivity contribution is 8.00. The third-order valence-corrected chi connectivity index (χ3v) is 4.42. The Morgan fingerprint density at radius 1 is 1.26 bits per heavy atom. The number of hydrogen-bond donors (Lipinski definition) is 0. The monoisotopic (exact) mass is 302 g/mol. The van der Waals surface area contributed by atoms with Crippen LogP contribution < -0.4 is 4.74 Å². The van der Waals surface area contributed by atoms with Crippen LogP contribution in [0.3, 0.4) is 0 Å². The van der Waals surface area contributed by atoms with Crippen LogP contribution in [-0.2, 0) is 19.1 Å². The van der Waals surface area contributed by atoms with E-state index in [1.807, 2.05) is 6.26 Å². The minimum Gasteiger partial charge on any atom is -0.495 e. The fraction of sp³-hybridized carbons (Fsp3) is 0.333. The normalized spacial score (nSPS) is 11.1. The lowest BCUT2D eigenvalue weighted by molar-refractivity contribution is -0.136. The Balaban J connectivity index is 3.32. The van der Waals surface area contributed by atoms with Crippen LogP contribution in [0.2, 0.25) is 0 Å². The Labute approximate surface area is 119 Å². The summed E-state index contributed by atoms with van der Waals surface area (Å²) in [6.07, 6.45) is 3.02. The van der Waals surface area contributed by atoms with Crippen molar-refractivity contribution < 1.29 is 23.8 Å². The third-order valence-electron chi connectivity index (χ3n) is 2.21. The molecule has 19 heavy (non-hydrogen) atoms. The molecule has 0 atom stereocenters. The van der Waals surface area contributed by atoms with Crippen molar-refractivity contribution in [3.05, 3.63) is 17.0 Å². The average molecular weight is 302 g/mol. The molecule has 0 aliphatic rings.